The molecule has 2 saturated heterocycles. The van der Waals surface area contributed by atoms with Crippen molar-refractivity contribution < 1.29 is 24.5 Å². The van der Waals surface area contributed by atoms with Gasteiger partial charge < -0.3 is 25.6 Å². The zero-order valence-electron chi connectivity index (χ0n) is 14.7. The van der Waals surface area contributed by atoms with Crippen molar-refractivity contribution in [1.29, 1.82) is 0 Å². The SMILES string of the molecule is O=C(O)NCCCCN1CC2CN(CCCCNC(=O)O)CC(C1)O2. The molecule has 9 nitrogen and oxygen atoms in total. The van der Waals surface area contributed by atoms with Gasteiger partial charge in [-0.1, -0.05) is 0 Å². The number of ether oxygens (including phenoxy) is 1. The van der Waals surface area contributed by atoms with Crippen LogP contribution in [-0.2, 0) is 4.74 Å². The summed E-state index contributed by atoms with van der Waals surface area (Å²) in [6, 6.07) is 0. The van der Waals surface area contributed by atoms with Crippen molar-refractivity contribution in [2.24, 2.45) is 0 Å². The van der Waals surface area contributed by atoms with E-state index in [0.29, 0.717) is 13.1 Å². The summed E-state index contributed by atoms with van der Waals surface area (Å²) in [7, 11) is 0. The molecule has 2 aliphatic rings. The number of morpholine rings is 2. The van der Waals surface area contributed by atoms with Crippen molar-refractivity contribution in [2.45, 2.75) is 37.9 Å². The van der Waals surface area contributed by atoms with Gasteiger partial charge in [-0.05, 0) is 38.8 Å². The van der Waals surface area contributed by atoms with Crippen molar-refractivity contribution in [3.8, 4) is 0 Å². The van der Waals surface area contributed by atoms with Gasteiger partial charge in [0.2, 0.25) is 0 Å². The number of nitrogens with one attached hydrogen (secondary N) is 2. The molecule has 0 unspecified atom stereocenters. The summed E-state index contributed by atoms with van der Waals surface area (Å²) in [4.78, 5) is 25.6. The van der Waals surface area contributed by atoms with Gasteiger partial charge in [-0.3, -0.25) is 9.80 Å². The third-order valence-electron chi connectivity index (χ3n) is 4.59. The average molecular weight is 358 g/mol. The van der Waals surface area contributed by atoms with Gasteiger partial charge >= 0.3 is 12.2 Å². The molecule has 2 bridgehead atoms. The number of hydrogen-bond acceptors (Lipinski definition) is 5. The molecule has 0 aromatic carbocycles. The van der Waals surface area contributed by atoms with E-state index in [0.717, 1.165) is 65.0 Å². The van der Waals surface area contributed by atoms with E-state index in [2.05, 4.69) is 20.4 Å². The fourth-order valence-electron chi connectivity index (χ4n) is 3.54. The molecular weight excluding hydrogens is 328 g/mol. The van der Waals surface area contributed by atoms with Crippen LogP contribution >= 0.6 is 0 Å². The van der Waals surface area contributed by atoms with Gasteiger partial charge in [-0.25, -0.2) is 9.59 Å². The van der Waals surface area contributed by atoms with Gasteiger partial charge in [0, 0.05) is 39.3 Å². The number of nitrogens with zero attached hydrogens (tertiary/aromatic N) is 2. The molecule has 0 spiro atoms. The van der Waals surface area contributed by atoms with E-state index in [-0.39, 0.29) is 12.2 Å². The molecule has 0 radical (unpaired) electrons. The Kier molecular flexibility index (Phi) is 8.23. The highest BCUT2D eigenvalue weighted by atomic mass is 16.5. The fraction of sp³-hybridized carbons (Fsp3) is 0.875. The topological polar surface area (TPSA) is 114 Å². The normalized spacial score (nSPS) is 24.0. The first-order valence-corrected chi connectivity index (χ1v) is 9.06. The van der Waals surface area contributed by atoms with E-state index >= 15 is 0 Å². The molecule has 2 heterocycles. The monoisotopic (exact) mass is 358 g/mol. The zero-order chi connectivity index (χ0) is 18.1. The lowest BCUT2D eigenvalue weighted by Crippen LogP contribution is -2.59. The zero-order valence-corrected chi connectivity index (χ0v) is 14.7. The smallest absolute Gasteiger partial charge is 0.404 e. The van der Waals surface area contributed by atoms with Crippen LogP contribution in [0, 0.1) is 0 Å². The summed E-state index contributed by atoms with van der Waals surface area (Å²) in [5, 5.41) is 21.9. The number of rotatable bonds is 10. The van der Waals surface area contributed by atoms with Crippen LogP contribution in [0.15, 0.2) is 0 Å². The minimum atomic E-state index is -0.959. The van der Waals surface area contributed by atoms with E-state index in [1.807, 2.05) is 0 Å². The van der Waals surface area contributed by atoms with Crippen LogP contribution in [0.3, 0.4) is 0 Å². The average Bonchev–Trinajstić information content (AvgIpc) is 2.53. The molecule has 2 aliphatic heterocycles. The van der Waals surface area contributed by atoms with E-state index in [1.54, 1.807) is 0 Å². The number of amides is 2. The molecular formula is C16H30N4O5. The highest BCUT2D eigenvalue weighted by Crippen LogP contribution is 2.19. The summed E-state index contributed by atoms with van der Waals surface area (Å²) in [5.41, 5.74) is 0. The molecule has 0 aliphatic carbocycles. The minimum absolute atomic E-state index is 0.238. The number of carboxylic acid groups (broad SMARTS) is 2. The number of hydrogen-bond donors (Lipinski definition) is 4. The van der Waals surface area contributed by atoms with Gasteiger partial charge in [0.05, 0.1) is 12.2 Å². The van der Waals surface area contributed by atoms with Crippen LogP contribution < -0.4 is 10.6 Å². The molecule has 144 valence electrons. The third-order valence-corrected chi connectivity index (χ3v) is 4.59. The molecule has 0 atom stereocenters. The lowest BCUT2D eigenvalue weighted by Gasteiger charge is -2.46. The quantitative estimate of drug-likeness (QED) is 0.420. The van der Waals surface area contributed by atoms with E-state index in [9.17, 15) is 9.59 Å². The van der Waals surface area contributed by atoms with Gasteiger partial charge in [-0.2, -0.15) is 0 Å². The Morgan fingerprint density at radius 3 is 1.56 bits per heavy atom. The third kappa shape index (κ3) is 7.89. The van der Waals surface area contributed by atoms with Crippen molar-refractivity contribution >= 4 is 12.2 Å². The van der Waals surface area contributed by atoms with E-state index in [4.69, 9.17) is 14.9 Å². The molecule has 2 rings (SSSR count). The predicted octanol–water partition coefficient (Wildman–Crippen LogP) is 0.467. The first kappa shape index (κ1) is 19.7. The van der Waals surface area contributed by atoms with Crippen molar-refractivity contribution in [3.05, 3.63) is 0 Å². The molecule has 4 N–H and O–H groups in total. The first-order chi connectivity index (χ1) is 12.0. The highest BCUT2D eigenvalue weighted by Gasteiger charge is 2.34. The second-order valence-electron chi connectivity index (χ2n) is 6.78. The van der Waals surface area contributed by atoms with E-state index in [1.165, 1.54) is 0 Å². The largest absolute Gasteiger partial charge is 0.465 e. The summed E-state index contributed by atoms with van der Waals surface area (Å²) in [6.07, 6.45) is 2.24. The first-order valence-electron chi connectivity index (χ1n) is 9.06. The molecule has 2 amide bonds. The molecule has 2 fully saturated rings. The van der Waals surface area contributed by atoms with Crippen LogP contribution in [0.5, 0.6) is 0 Å². The van der Waals surface area contributed by atoms with Gasteiger partial charge in [0.1, 0.15) is 0 Å². The molecule has 0 aromatic heterocycles. The second-order valence-corrected chi connectivity index (χ2v) is 6.78. The summed E-state index contributed by atoms with van der Waals surface area (Å²) >= 11 is 0. The molecule has 0 aromatic rings. The Balaban J connectivity index is 1.57. The Hall–Kier alpha value is -1.58. The Morgan fingerprint density at radius 2 is 1.20 bits per heavy atom. The van der Waals surface area contributed by atoms with Crippen LogP contribution in [0.25, 0.3) is 0 Å². The Labute approximate surface area is 148 Å². The van der Waals surface area contributed by atoms with Crippen molar-refractivity contribution in [2.75, 3.05) is 52.4 Å². The van der Waals surface area contributed by atoms with Gasteiger partial charge in [-0.15, -0.1) is 0 Å². The maximum absolute atomic E-state index is 10.4. The maximum Gasteiger partial charge on any atom is 0.404 e. The van der Waals surface area contributed by atoms with Crippen LogP contribution in [-0.4, -0.2) is 96.8 Å². The molecule has 9 heteroatoms. The maximum atomic E-state index is 10.4. The summed E-state index contributed by atoms with van der Waals surface area (Å²) in [5.74, 6) is 0. The van der Waals surface area contributed by atoms with Gasteiger partial charge in [0.15, 0.2) is 0 Å². The Morgan fingerprint density at radius 1 is 0.800 bits per heavy atom. The van der Waals surface area contributed by atoms with Crippen LogP contribution in [0.2, 0.25) is 0 Å². The van der Waals surface area contributed by atoms with E-state index < -0.39 is 12.2 Å². The van der Waals surface area contributed by atoms with Gasteiger partial charge in [0.25, 0.3) is 0 Å². The highest BCUT2D eigenvalue weighted by molar-refractivity contribution is 5.64. The number of unbranched alkanes of at least 4 members (excludes halogenated alkanes) is 2. The summed E-state index contributed by atoms with van der Waals surface area (Å²) < 4.78 is 6.04. The molecule has 0 saturated carbocycles. The lowest BCUT2D eigenvalue weighted by molar-refractivity contribution is -0.138. The second kappa shape index (κ2) is 10.4. The van der Waals surface area contributed by atoms with Crippen LogP contribution in [0.1, 0.15) is 25.7 Å². The van der Waals surface area contributed by atoms with Crippen LogP contribution in [0.4, 0.5) is 9.59 Å². The minimum Gasteiger partial charge on any atom is -0.465 e. The molecule has 25 heavy (non-hydrogen) atoms. The predicted molar refractivity (Wildman–Crippen MR) is 92.1 cm³/mol. The number of fused-ring (bicyclic) bond motifs is 2. The summed E-state index contributed by atoms with van der Waals surface area (Å²) in [6.45, 7) is 6.71. The lowest BCUT2D eigenvalue weighted by atomic mass is 10.1. The standard InChI is InChI=1S/C16H30N4O5/c21-15(22)17-5-1-3-7-19-9-13-11-20(12-14(10-19)25-13)8-4-2-6-18-16(23)24/h13-14,17-18H,1-12H2,(H,21,22)(H,23,24). The van der Waals surface area contributed by atoms with Crippen molar-refractivity contribution in [1.82, 2.24) is 20.4 Å². The Bertz CT molecular complexity index is 387. The fourth-order valence-corrected chi connectivity index (χ4v) is 3.54. The van der Waals surface area contributed by atoms with Crippen molar-refractivity contribution in [3.63, 3.8) is 0 Å². The number of carbonyl (C=O) groups is 2.